The maximum Gasteiger partial charge on any atom is 0.355 e. The zero-order valence-electron chi connectivity index (χ0n) is 10.1. The second kappa shape index (κ2) is 4.45. The second-order valence-electron chi connectivity index (χ2n) is 3.88. The number of ether oxygens (including phenoxy) is 1. The molecule has 5 nitrogen and oxygen atoms in total. The Bertz CT molecular complexity index is 520. The van der Waals surface area contributed by atoms with E-state index in [0.29, 0.717) is 11.5 Å². The molecule has 0 N–H and O–H groups in total. The van der Waals surface area contributed by atoms with Gasteiger partial charge < -0.3 is 13.8 Å². The van der Waals surface area contributed by atoms with Crippen molar-refractivity contribution in [2.75, 3.05) is 0 Å². The maximum atomic E-state index is 11.8. The standard InChI is InChI=1S/C12H14N2O3/c1-8-10(9(2)17-13-8)7-16-12(15)11-5-4-6-14(11)3/h4-6H,7H2,1-3H3. The van der Waals surface area contributed by atoms with E-state index >= 15 is 0 Å². The van der Waals surface area contributed by atoms with Crippen LogP contribution in [0.25, 0.3) is 0 Å². The van der Waals surface area contributed by atoms with Gasteiger partial charge in [0, 0.05) is 13.2 Å². The Labute approximate surface area is 99.0 Å². The van der Waals surface area contributed by atoms with E-state index in [0.717, 1.165) is 11.3 Å². The van der Waals surface area contributed by atoms with Gasteiger partial charge in [-0.2, -0.15) is 0 Å². The number of carbonyl (C=O) groups excluding carboxylic acids is 1. The molecule has 2 heterocycles. The van der Waals surface area contributed by atoms with Crippen LogP contribution in [0.5, 0.6) is 0 Å². The highest BCUT2D eigenvalue weighted by Gasteiger charge is 2.14. The minimum atomic E-state index is -0.350. The van der Waals surface area contributed by atoms with E-state index in [4.69, 9.17) is 9.26 Å². The lowest BCUT2D eigenvalue weighted by Crippen LogP contribution is -2.10. The highest BCUT2D eigenvalue weighted by Crippen LogP contribution is 2.14. The zero-order valence-corrected chi connectivity index (χ0v) is 10.1. The molecule has 0 aromatic carbocycles. The summed E-state index contributed by atoms with van der Waals surface area (Å²) < 4.78 is 11.9. The van der Waals surface area contributed by atoms with Gasteiger partial charge in [0.25, 0.3) is 0 Å². The Kier molecular flexibility index (Phi) is 2.99. The molecular formula is C12H14N2O3. The smallest absolute Gasteiger partial charge is 0.355 e. The lowest BCUT2D eigenvalue weighted by molar-refractivity contribution is 0.0459. The maximum absolute atomic E-state index is 11.8. The SMILES string of the molecule is Cc1noc(C)c1COC(=O)c1cccn1C. The van der Waals surface area contributed by atoms with Gasteiger partial charge in [0.2, 0.25) is 0 Å². The highest BCUT2D eigenvalue weighted by atomic mass is 16.5. The molecular weight excluding hydrogens is 220 g/mol. The Hall–Kier alpha value is -2.04. The third kappa shape index (κ3) is 2.22. The fourth-order valence-electron chi connectivity index (χ4n) is 1.59. The summed E-state index contributed by atoms with van der Waals surface area (Å²) in [4.78, 5) is 11.8. The predicted molar refractivity (Wildman–Crippen MR) is 60.5 cm³/mol. The number of rotatable bonds is 3. The quantitative estimate of drug-likeness (QED) is 0.762. The van der Waals surface area contributed by atoms with Gasteiger partial charge in [-0.25, -0.2) is 4.79 Å². The lowest BCUT2D eigenvalue weighted by atomic mass is 10.2. The van der Waals surface area contributed by atoms with E-state index in [1.807, 2.05) is 6.92 Å². The first kappa shape index (κ1) is 11.4. The fourth-order valence-corrected chi connectivity index (χ4v) is 1.59. The third-order valence-corrected chi connectivity index (χ3v) is 2.68. The summed E-state index contributed by atoms with van der Waals surface area (Å²) in [5, 5.41) is 3.80. The molecule has 0 bridgehead atoms. The number of esters is 1. The summed E-state index contributed by atoms with van der Waals surface area (Å²) in [6, 6.07) is 3.52. The Morgan fingerprint density at radius 2 is 2.29 bits per heavy atom. The van der Waals surface area contributed by atoms with Gasteiger partial charge in [0.15, 0.2) is 0 Å². The molecule has 5 heteroatoms. The van der Waals surface area contributed by atoms with Crippen LogP contribution in [-0.2, 0) is 18.4 Å². The van der Waals surface area contributed by atoms with E-state index in [1.165, 1.54) is 0 Å². The van der Waals surface area contributed by atoms with Gasteiger partial charge in [0.1, 0.15) is 18.1 Å². The van der Waals surface area contributed by atoms with Crippen molar-refractivity contribution in [2.24, 2.45) is 7.05 Å². The van der Waals surface area contributed by atoms with Crippen molar-refractivity contribution >= 4 is 5.97 Å². The van der Waals surface area contributed by atoms with Crippen LogP contribution in [-0.4, -0.2) is 15.7 Å². The molecule has 2 aromatic heterocycles. The zero-order chi connectivity index (χ0) is 12.4. The number of aromatic nitrogens is 2. The molecule has 0 fully saturated rings. The first-order chi connectivity index (χ1) is 8.09. The van der Waals surface area contributed by atoms with Crippen molar-refractivity contribution in [1.29, 1.82) is 0 Å². The summed E-state index contributed by atoms with van der Waals surface area (Å²) in [5.74, 6) is 0.333. The number of hydrogen-bond acceptors (Lipinski definition) is 4. The Morgan fingerprint density at radius 3 is 2.82 bits per heavy atom. The Balaban J connectivity index is 2.05. The van der Waals surface area contributed by atoms with Crippen LogP contribution in [0.15, 0.2) is 22.9 Å². The van der Waals surface area contributed by atoms with Crippen LogP contribution in [0, 0.1) is 13.8 Å². The number of hydrogen-bond donors (Lipinski definition) is 0. The molecule has 0 amide bonds. The molecule has 0 radical (unpaired) electrons. The summed E-state index contributed by atoms with van der Waals surface area (Å²) >= 11 is 0. The third-order valence-electron chi connectivity index (χ3n) is 2.68. The molecule has 0 saturated carbocycles. The summed E-state index contributed by atoms with van der Waals surface area (Å²) in [7, 11) is 1.80. The van der Waals surface area contributed by atoms with E-state index in [2.05, 4.69) is 5.16 Å². The number of aryl methyl sites for hydroxylation is 3. The normalized spacial score (nSPS) is 10.5. The van der Waals surface area contributed by atoms with Crippen molar-refractivity contribution in [1.82, 2.24) is 9.72 Å². The van der Waals surface area contributed by atoms with Gasteiger partial charge in [-0.05, 0) is 26.0 Å². The van der Waals surface area contributed by atoms with Crippen LogP contribution in [0.2, 0.25) is 0 Å². The molecule has 0 saturated heterocycles. The first-order valence-corrected chi connectivity index (χ1v) is 5.30. The molecule has 0 aliphatic heterocycles. The lowest BCUT2D eigenvalue weighted by Gasteiger charge is -2.05. The molecule has 0 spiro atoms. The van der Waals surface area contributed by atoms with Crippen molar-refractivity contribution < 1.29 is 14.1 Å². The molecule has 90 valence electrons. The van der Waals surface area contributed by atoms with Crippen LogP contribution >= 0.6 is 0 Å². The minimum absolute atomic E-state index is 0.186. The van der Waals surface area contributed by atoms with E-state index in [1.54, 1.807) is 36.9 Å². The first-order valence-electron chi connectivity index (χ1n) is 5.30. The van der Waals surface area contributed by atoms with Crippen LogP contribution in [0.3, 0.4) is 0 Å². The summed E-state index contributed by atoms with van der Waals surface area (Å²) in [6.07, 6.45) is 1.80. The molecule has 2 rings (SSSR count). The van der Waals surface area contributed by atoms with Gasteiger partial charge >= 0.3 is 5.97 Å². The van der Waals surface area contributed by atoms with E-state index < -0.39 is 0 Å². The van der Waals surface area contributed by atoms with Gasteiger partial charge in [-0.15, -0.1) is 0 Å². The minimum Gasteiger partial charge on any atom is -0.456 e. The topological polar surface area (TPSA) is 57.3 Å². The van der Waals surface area contributed by atoms with Crippen molar-refractivity contribution in [3.63, 3.8) is 0 Å². The highest BCUT2D eigenvalue weighted by molar-refractivity contribution is 5.87. The fraction of sp³-hybridized carbons (Fsp3) is 0.333. The average molecular weight is 234 g/mol. The molecule has 0 unspecified atom stereocenters. The number of carbonyl (C=O) groups is 1. The molecule has 0 aliphatic carbocycles. The largest absolute Gasteiger partial charge is 0.456 e. The molecule has 0 atom stereocenters. The van der Waals surface area contributed by atoms with Crippen LogP contribution < -0.4 is 0 Å². The molecule has 2 aromatic rings. The van der Waals surface area contributed by atoms with E-state index in [9.17, 15) is 4.79 Å². The Morgan fingerprint density at radius 1 is 1.53 bits per heavy atom. The van der Waals surface area contributed by atoms with Crippen LogP contribution in [0.1, 0.15) is 27.5 Å². The molecule has 17 heavy (non-hydrogen) atoms. The monoisotopic (exact) mass is 234 g/mol. The molecule has 0 aliphatic rings. The van der Waals surface area contributed by atoms with Crippen molar-refractivity contribution in [3.8, 4) is 0 Å². The van der Waals surface area contributed by atoms with Gasteiger partial charge in [-0.1, -0.05) is 5.16 Å². The van der Waals surface area contributed by atoms with Gasteiger partial charge in [-0.3, -0.25) is 0 Å². The second-order valence-corrected chi connectivity index (χ2v) is 3.88. The van der Waals surface area contributed by atoms with Crippen molar-refractivity contribution in [2.45, 2.75) is 20.5 Å². The predicted octanol–water partition coefficient (Wildman–Crippen LogP) is 1.99. The van der Waals surface area contributed by atoms with E-state index in [-0.39, 0.29) is 12.6 Å². The number of nitrogens with zero attached hydrogens (tertiary/aromatic N) is 2. The van der Waals surface area contributed by atoms with Gasteiger partial charge in [0.05, 0.1) is 11.3 Å². The summed E-state index contributed by atoms with van der Waals surface area (Å²) in [5.41, 5.74) is 2.10. The summed E-state index contributed by atoms with van der Waals surface area (Å²) in [6.45, 7) is 3.80. The van der Waals surface area contributed by atoms with Crippen molar-refractivity contribution in [3.05, 3.63) is 41.0 Å². The van der Waals surface area contributed by atoms with Crippen LogP contribution in [0.4, 0.5) is 0 Å². The average Bonchev–Trinajstić information content (AvgIpc) is 2.84.